The largest absolute Gasteiger partial charge is 0.393 e. The summed E-state index contributed by atoms with van der Waals surface area (Å²) in [6, 6.07) is 7.27. The van der Waals surface area contributed by atoms with Crippen LogP contribution in [0.15, 0.2) is 24.3 Å². The van der Waals surface area contributed by atoms with E-state index in [-0.39, 0.29) is 11.9 Å². The Kier molecular flexibility index (Phi) is 2.36. The number of aliphatic hydroxyl groups excluding tert-OH is 1. The number of benzene rings is 1. The van der Waals surface area contributed by atoms with E-state index >= 15 is 0 Å². The highest BCUT2D eigenvalue weighted by Gasteiger charge is 2.39. The highest BCUT2D eigenvalue weighted by molar-refractivity contribution is 5.49. The summed E-state index contributed by atoms with van der Waals surface area (Å²) in [6.45, 7) is 0.870. The Morgan fingerprint density at radius 3 is 2.94 bits per heavy atom. The molecule has 2 fully saturated rings. The standard InChI is InChI=1S/C13H16FNO/c14-10-2-1-3-11(7-10)15-8-9-6-12(15)4-5-13(9)16/h1-3,7,9,12-13,16H,4-6,8H2. The molecule has 2 aliphatic rings. The second kappa shape index (κ2) is 3.74. The van der Waals surface area contributed by atoms with Crippen molar-refractivity contribution in [3.63, 3.8) is 0 Å². The Hall–Kier alpha value is -1.09. The molecule has 1 aromatic rings. The average molecular weight is 221 g/mol. The molecule has 0 amide bonds. The first-order valence-electron chi connectivity index (χ1n) is 5.94. The number of fused-ring (bicyclic) bond motifs is 2. The van der Waals surface area contributed by atoms with Crippen LogP contribution in [0, 0.1) is 11.7 Å². The number of anilines is 1. The molecule has 3 atom stereocenters. The SMILES string of the molecule is OC1CCC2CC1CN2c1cccc(F)c1. The molecule has 3 heteroatoms. The van der Waals surface area contributed by atoms with E-state index < -0.39 is 0 Å². The lowest BCUT2D eigenvalue weighted by molar-refractivity contribution is 0.0896. The van der Waals surface area contributed by atoms with Gasteiger partial charge in [-0.15, -0.1) is 0 Å². The van der Waals surface area contributed by atoms with Crippen LogP contribution < -0.4 is 4.90 Å². The van der Waals surface area contributed by atoms with Crippen molar-refractivity contribution in [3.8, 4) is 0 Å². The third-order valence-electron chi connectivity index (χ3n) is 3.93. The maximum Gasteiger partial charge on any atom is 0.125 e. The minimum absolute atomic E-state index is 0.158. The maximum atomic E-state index is 13.2. The van der Waals surface area contributed by atoms with Gasteiger partial charge in [0, 0.05) is 24.2 Å². The quantitative estimate of drug-likeness (QED) is 0.785. The fourth-order valence-corrected chi connectivity index (χ4v) is 3.08. The number of rotatable bonds is 1. The van der Waals surface area contributed by atoms with Gasteiger partial charge in [-0.1, -0.05) is 6.07 Å². The molecule has 1 aliphatic heterocycles. The van der Waals surface area contributed by atoms with Gasteiger partial charge in [-0.3, -0.25) is 0 Å². The molecule has 0 radical (unpaired) electrons. The molecule has 1 saturated heterocycles. The van der Waals surface area contributed by atoms with Gasteiger partial charge in [0.25, 0.3) is 0 Å². The van der Waals surface area contributed by atoms with E-state index in [1.165, 1.54) is 6.07 Å². The Morgan fingerprint density at radius 2 is 2.19 bits per heavy atom. The van der Waals surface area contributed by atoms with E-state index in [9.17, 15) is 9.50 Å². The fourth-order valence-electron chi connectivity index (χ4n) is 3.08. The molecule has 3 rings (SSSR count). The van der Waals surface area contributed by atoms with Crippen LogP contribution in [0.25, 0.3) is 0 Å². The zero-order chi connectivity index (χ0) is 11.1. The molecule has 16 heavy (non-hydrogen) atoms. The summed E-state index contributed by atoms with van der Waals surface area (Å²) in [5, 5.41) is 9.81. The minimum atomic E-state index is -0.181. The highest BCUT2D eigenvalue weighted by atomic mass is 19.1. The van der Waals surface area contributed by atoms with Crippen molar-refractivity contribution >= 4 is 5.69 Å². The third-order valence-corrected chi connectivity index (χ3v) is 3.93. The molecular formula is C13H16FNO. The lowest BCUT2D eigenvalue weighted by Gasteiger charge is -2.27. The molecular weight excluding hydrogens is 205 g/mol. The zero-order valence-corrected chi connectivity index (χ0v) is 9.14. The fraction of sp³-hybridized carbons (Fsp3) is 0.538. The van der Waals surface area contributed by atoms with Crippen molar-refractivity contribution in [1.29, 1.82) is 0 Å². The molecule has 2 nitrogen and oxygen atoms in total. The van der Waals surface area contributed by atoms with Gasteiger partial charge < -0.3 is 10.0 Å². The summed E-state index contributed by atoms with van der Waals surface area (Å²) in [5.41, 5.74) is 0.960. The molecule has 1 saturated carbocycles. The van der Waals surface area contributed by atoms with E-state index in [1.807, 2.05) is 6.07 Å². The first kappa shape index (κ1) is 10.1. The predicted molar refractivity (Wildman–Crippen MR) is 60.9 cm³/mol. The van der Waals surface area contributed by atoms with Gasteiger partial charge in [0.2, 0.25) is 0 Å². The smallest absolute Gasteiger partial charge is 0.125 e. The number of nitrogens with zero attached hydrogens (tertiary/aromatic N) is 1. The van der Waals surface area contributed by atoms with Gasteiger partial charge in [-0.25, -0.2) is 4.39 Å². The van der Waals surface area contributed by atoms with E-state index in [1.54, 1.807) is 12.1 Å². The van der Waals surface area contributed by atoms with Crippen LogP contribution >= 0.6 is 0 Å². The lowest BCUT2D eigenvalue weighted by atomic mass is 9.88. The van der Waals surface area contributed by atoms with E-state index in [4.69, 9.17) is 0 Å². The van der Waals surface area contributed by atoms with Crippen LogP contribution in [-0.4, -0.2) is 23.8 Å². The molecule has 1 heterocycles. The number of hydrogen-bond donors (Lipinski definition) is 1. The van der Waals surface area contributed by atoms with Crippen LogP contribution in [-0.2, 0) is 0 Å². The first-order valence-corrected chi connectivity index (χ1v) is 5.94. The van der Waals surface area contributed by atoms with E-state index in [2.05, 4.69) is 4.90 Å². The monoisotopic (exact) mass is 221 g/mol. The number of halogens is 1. The lowest BCUT2D eigenvalue weighted by Crippen LogP contribution is -2.29. The second-order valence-electron chi connectivity index (χ2n) is 4.93. The molecule has 0 spiro atoms. The summed E-state index contributed by atoms with van der Waals surface area (Å²) in [7, 11) is 0. The summed E-state index contributed by atoms with van der Waals surface area (Å²) in [6.07, 6.45) is 2.81. The molecule has 2 bridgehead atoms. The molecule has 0 aromatic heterocycles. The molecule has 1 aliphatic carbocycles. The van der Waals surface area contributed by atoms with Crippen molar-refractivity contribution < 1.29 is 9.50 Å². The van der Waals surface area contributed by atoms with Crippen LogP contribution in [0.5, 0.6) is 0 Å². The summed E-state index contributed by atoms with van der Waals surface area (Å²) >= 11 is 0. The number of aliphatic hydroxyl groups is 1. The third kappa shape index (κ3) is 1.59. The normalized spacial score (nSPS) is 33.1. The molecule has 1 aromatic carbocycles. The van der Waals surface area contributed by atoms with Crippen LogP contribution in [0.3, 0.4) is 0 Å². The Morgan fingerprint density at radius 1 is 1.31 bits per heavy atom. The van der Waals surface area contributed by atoms with E-state index in [0.29, 0.717) is 12.0 Å². The second-order valence-corrected chi connectivity index (χ2v) is 4.93. The van der Waals surface area contributed by atoms with Crippen molar-refractivity contribution in [1.82, 2.24) is 0 Å². The topological polar surface area (TPSA) is 23.5 Å². The Bertz CT molecular complexity index is 395. The predicted octanol–water partition coefficient (Wildman–Crippen LogP) is 2.18. The van der Waals surface area contributed by atoms with Gasteiger partial charge in [-0.2, -0.15) is 0 Å². The summed E-state index contributed by atoms with van der Waals surface area (Å²) < 4.78 is 13.2. The summed E-state index contributed by atoms with van der Waals surface area (Å²) in [5.74, 6) is 0.196. The highest BCUT2D eigenvalue weighted by Crippen LogP contribution is 2.38. The van der Waals surface area contributed by atoms with Crippen LogP contribution in [0.4, 0.5) is 10.1 Å². The van der Waals surface area contributed by atoms with Gasteiger partial charge in [-0.05, 0) is 37.5 Å². The summed E-state index contributed by atoms with van der Waals surface area (Å²) in [4.78, 5) is 2.25. The van der Waals surface area contributed by atoms with Crippen LogP contribution in [0.1, 0.15) is 19.3 Å². The molecule has 3 unspecified atom stereocenters. The number of hydrogen-bond acceptors (Lipinski definition) is 2. The van der Waals surface area contributed by atoms with Gasteiger partial charge >= 0.3 is 0 Å². The van der Waals surface area contributed by atoms with Gasteiger partial charge in [0.15, 0.2) is 0 Å². The molecule has 1 N–H and O–H groups in total. The van der Waals surface area contributed by atoms with Crippen molar-refractivity contribution in [2.45, 2.75) is 31.4 Å². The van der Waals surface area contributed by atoms with E-state index in [0.717, 1.165) is 31.5 Å². The maximum absolute atomic E-state index is 13.2. The van der Waals surface area contributed by atoms with Crippen LogP contribution in [0.2, 0.25) is 0 Å². The van der Waals surface area contributed by atoms with Crippen molar-refractivity contribution in [3.05, 3.63) is 30.1 Å². The molecule has 86 valence electrons. The average Bonchev–Trinajstić information content (AvgIpc) is 2.63. The first-order chi connectivity index (χ1) is 7.74. The minimum Gasteiger partial charge on any atom is -0.393 e. The van der Waals surface area contributed by atoms with Gasteiger partial charge in [0.1, 0.15) is 5.82 Å². The zero-order valence-electron chi connectivity index (χ0n) is 9.14. The van der Waals surface area contributed by atoms with Crippen molar-refractivity contribution in [2.75, 3.05) is 11.4 Å². The Labute approximate surface area is 94.7 Å². The van der Waals surface area contributed by atoms with Gasteiger partial charge in [0.05, 0.1) is 6.10 Å². The Balaban J connectivity index is 1.86. The van der Waals surface area contributed by atoms with Crippen molar-refractivity contribution in [2.24, 2.45) is 5.92 Å².